The Kier molecular flexibility index (Phi) is 7.25. The van der Waals surface area contributed by atoms with Crippen LogP contribution < -0.4 is 10.1 Å². The molecule has 9 heteroatoms. The fourth-order valence-corrected chi connectivity index (χ4v) is 4.52. The number of aliphatic hydroxyl groups is 1. The van der Waals surface area contributed by atoms with E-state index in [1.54, 1.807) is 13.2 Å². The molecule has 152 valence electrons. The average Bonchev–Trinajstić information content (AvgIpc) is 3.17. The van der Waals surface area contributed by atoms with Crippen LogP contribution in [0.2, 0.25) is 0 Å². The van der Waals surface area contributed by atoms with E-state index in [1.807, 2.05) is 18.2 Å². The van der Waals surface area contributed by atoms with Crippen molar-refractivity contribution in [3.63, 3.8) is 0 Å². The molecule has 2 atom stereocenters. The van der Waals surface area contributed by atoms with E-state index in [1.165, 1.54) is 23.1 Å². The number of nitrogens with one attached hydrogen (secondary N) is 1. The van der Waals surface area contributed by atoms with Gasteiger partial charge in [-0.3, -0.25) is 0 Å². The van der Waals surface area contributed by atoms with Crippen LogP contribution in [0.3, 0.4) is 0 Å². The third-order valence-electron chi connectivity index (χ3n) is 4.35. The minimum absolute atomic E-state index is 0.0229. The van der Waals surface area contributed by atoms with E-state index in [-0.39, 0.29) is 17.9 Å². The van der Waals surface area contributed by atoms with Crippen LogP contribution in [-0.2, 0) is 0 Å². The number of thioether (sulfide) groups is 1. The average molecular weight is 430 g/mol. The first kappa shape index (κ1) is 21.3. The Morgan fingerprint density at radius 1 is 1.34 bits per heavy atom. The van der Waals surface area contributed by atoms with E-state index in [0.29, 0.717) is 27.4 Å². The van der Waals surface area contributed by atoms with Crippen molar-refractivity contribution in [3.8, 4) is 11.3 Å². The van der Waals surface area contributed by atoms with Gasteiger partial charge in [-0.15, -0.1) is 0 Å². The number of ether oxygens (including phenoxy) is 1. The van der Waals surface area contributed by atoms with Crippen molar-refractivity contribution in [2.24, 2.45) is 0 Å². The Bertz CT molecular complexity index is 1020. The largest absolute Gasteiger partial charge is 0.473 e. The van der Waals surface area contributed by atoms with Gasteiger partial charge in [0.15, 0.2) is 16.6 Å². The van der Waals surface area contributed by atoms with Crippen molar-refractivity contribution in [2.75, 3.05) is 19.0 Å². The highest BCUT2D eigenvalue weighted by Crippen LogP contribution is 2.37. The Balaban J connectivity index is 1.93. The Morgan fingerprint density at radius 2 is 2.17 bits per heavy atom. The van der Waals surface area contributed by atoms with Gasteiger partial charge in [-0.05, 0) is 31.0 Å². The molecule has 0 bridgehead atoms. The maximum atomic E-state index is 9.68. The Morgan fingerprint density at radius 3 is 2.86 bits per heavy atom. The molecule has 2 aromatic heterocycles. The highest BCUT2D eigenvalue weighted by atomic mass is 32.2. The highest BCUT2D eigenvalue weighted by Gasteiger charge is 2.19. The number of anilines is 1. The summed E-state index contributed by atoms with van der Waals surface area (Å²) in [7, 11) is 1.58. The summed E-state index contributed by atoms with van der Waals surface area (Å²) in [6, 6.07) is 9.62. The molecule has 0 saturated carbocycles. The molecular weight excluding hydrogens is 406 g/mol. The lowest BCUT2D eigenvalue weighted by atomic mass is 10.1. The molecule has 0 aliphatic rings. The van der Waals surface area contributed by atoms with Crippen LogP contribution in [0.4, 0.5) is 5.82 Å². The Hall–Kier alpha value is -2.41. The minimum Gasteiger partial charge on any atom is -0.473 e. The molecule has 0 amide bonds. The van der Waals surface area contributed by atoms with Gasteiger partial charge >= 0.3 is 0 Å². The molecule has 7 nitrogen and oxygen atoms in total. The molecular formula is C20H23N5O2S2. The van der Waals surface area contributed by atoms with Crippen molar-refractivity contribution in [2.45, 2.75) is 43.1 Å². The van der Waals surface area contributed by atoms with Gasteiger partial charge in [-0.1, -0.05) is 48.6 Å². The summed E-state index contributed by atoms with van der Waals surface area (Å²) in [5, 5.41) is 23.3. The van der Waals surface area contributed by atoms with Gasteiger partial charge in [0.05, 0.1) is 31.4 Å². The number of nitrogens with zero attached hydrogens (tertiary/aromatic N) is 4. The SMILES string of the molecule is CCC[C@H](CO)Nc1nc(S[C@@H](C)c2cccc(C#N)c2)nc2nc(OC)sc12. The molecule has 1 aromatic carbocycles. The topological polar surface area (TPSA) is 104 Å². The van der Waals surface area contributed by atoms with Crippen molar-refractivity contribution >= 4 is 39.3 Å². The predicted molar refractivity (Wildman–Crippen MR) is 117 cm³/mol. The van der Waals surface area contributed by atoms with Crippen LogP contribution in [-0.4, -0.2) is 39.8 Å². The van der Waals surface area contributed by atoms with Crippen LogP contribution in [0.1, 0.15) is 43.1 Å². The summed E-state index contributed by atoms with van der Waals surface area (Å²) in [5.74, 6) is 0.656. The summed E-state index contributed by atoms with van der Waals surface area (Å²) in [6.45, 7) is 4.15. The standard InChI is InChI=1S/C20H23N5O2S2/c1-4-6-15(11-26)22-17-16-18(25-20(27-3)29-16)24-19(23-17)28-12(2)14-8-5-7-13(9-14)10-21/h5,7-9,12,15,26H,4,6,11H2,1-3H3,(H,22,23,24)/t12-,15+/m0/s1. The molecule has 2 N–H and O–H groups in total. The molecule has 0 aliphatic carbocycles. The van der Waals surface area contributed by atoms with Gasteiger partial charge in [-0.2, -0.15) is 10.2 Å². The number of hydrogen-bond donors (Lipinski definition) is 2. The first-order valence-corrected chi connectivity index (χ1v) is 11.0. The molecule has 3 rings (SSSR count). The van der Waals surface area contributed by atoms with E-state index in [4.69, 9.17) is 15.0 Å². The summed E-state index contributed by atoms with van der Waals surface area (Å²) in [5.41, 5.74) is 2.23. The highest BCUT2D eigenvalue weighted by molar-refractivity contribution is 7.99. The maximum absolute atomic E-state index is 9.68. The fraction of sp³-hybridized carbons (Fsp3) is 0.400. The normalized spacial score (nSPS) is 13.1. The van der Waals surface area contributed by atoms with Crippen molar-refractivity contribution in [3.05, 3.63) is 35.4 Å². The molecule has 0 radical (unpaired) electrons. The first-order chi connectivity index (χ1) is 14.1. The van der Waals surface area contributed by atoms with Gasteiger partial charge in [-0.25, -0.2) is 9.97 Å². The van der Waals surface area contributed by atoms with E-state index in [9.17, 15) is 5.11 Å². The maximum Gasteiger partial charge on any atom is 0.275 e. The number of fused-ring (bicyclic) bond motifs is 1. The van der Waals surface area contributed by atoms with E-state index >= 15 is 0 Å². The number of rotatable bonds is 9. The van der Waals surface area contributed by atoms with E-state index < -0.39 is 0 Å². The number of aromatic nitrogens is 3. The van der Waals surface area contributed by atoms with Crippen molar-refractivity contribution in [1.29, 1.82) is 5.26 Å². The van der Waals surface area contributed by atoms with E-state index in [0.717, 1.165) is 23.1 Å². The number of benzene rings is 1. The molecule has 0 unspecified atom stereocenters. The van der Waals surface area contributed by atoms with Gasteiger partial charge in [0.25, 0.3) is 5.19 Å². The second-order valence-electron chi connectivity index (χ2n) is 6.50. The lowest BCUT2D eigenvalue weighted by molar-refractivity contribution is 0.268. The lowest BCUT2D eigenvalue weighted by Gasteiger charge is -2.17. The lowest BCUT2D eigenvalue weighted by Crippen LogP contribution is -2.24. The number of thiazole rings is 1. The number of hydrogen-bond acceptors (Lipinski definition) is 9. The second-order valence-corrected chi connectivity index (χ2v) is 8.77. The van der Waals surface area contributed by atoms with Gasteiger partial charge in [0.2, 0.25) is 0 Å². The van der Waals surface area contributed by atoms with E-state index in [2.05, 4.69) is 35.2 Å². The zero-order chi connectivity index (χ0) is 20.8. The molecule has 0 fully saturated rings. The molecule has 0 spiro atoms. The summed E-state index contributed by atoms with van der Waals surface area (Å²) in [4.78, 5) is 13.7. The zero-order valence-corrected chi connectivity index (χ0v) is 18.2. The van der Waals surface area contributed by atoms with Crippen LogP contribution >= 0.6 is 23.1 Å². The predicted octanol–water partition coefficient (Wildman–Crippen LogP) is 4.39. The number of methoxy groups -OCH3 is 1. The molecule has 0 saturated heterocycles. The monoisotopic (exact) mass is 429 g/mol. The smallest absolute Gasteiger partial charge is 0.275 e. The fourth-order valence-electron chi connectivity index (χ4n) is 2.86. The quantitative estimate of drug-likeness (QED) is 0.381. The number of aliphatic hydroxyl groups excluding tert-OH is 1. The van der Waals surface area contributed by atoms with Gasteiger partial charge in [0, 0.05) is 5.25 Å². The van der Waals surface area contributed by atoms with Crippen LogP contribution in [0, 0.1) is 11.3 Å². The van der Waals surface area contributed by atoms with Crippen molar-refractivity contribution in [1.82, 2.24) is 15.0 Å². The minimum atomic E-state index is -0.0891. The van der Waals surface area contributed by atoms with Gasteiger partial charge < -0.3 is 15.2 Å². The second kappa shape index (κ2) is 9.87. The van der Waals surface area contributed by atoms with Crippen LogP contribution in [0.5, 0.6) is 5.19 Å². The Labute approximate surface area is 178 Å². The summed E-state index contributed by atoms with van der Waals surface area (Å²) in [6.07, 6.45) is 1.78. The first-order valence-electron chi connectivity index (χ1n) is 9.34. The molecule has 29 heavy (non-hydrogen) atoms. The molecule has 0 aliphatic heterocycles. The van der Waals surface area contributed by atoms with Crippen LogP contribution in [0.15, 0.2) is 29.4 Å². The summed E-state index contributed by atoms with van der Waals surface area (Å²) >= 11 is 2.88. The third-order valence-corrected chi connectivity index (χ3v) is 6.39. The van der Waals surface area contributed by atoms with Gasteiger partial charge in [0.1, 0.15) is 4.70 Å². The number of nitriles is 1. The third kappa shape index (κ3) is 5.15. The van der Waals surface area contributed by atoms with Crippen molar-refractivity contribution < 1.29 is 9.84 Å². The molecule has 2 heterocycles. The zero-order valence-electron chi connectivity index (χ0n) is 16.5. The summed E-state index contributed by atoms with van der Waals surface area (Å²) < 4.78 is 6.08. The van der Waals surface area contributed by atoms with Crippen LogP contribution in [0.25, 0.3) is 10.3 Å². The molecule has 3 aromatic rings.